The van der Waals surface area contributed by atoms with E-state index >= 15 is 0 Å². The van der Waals surface area contributed by atoms with Gasteiger partial charge in [-0.05, 0) is 36.5 Å². The van der Waals surface area contributed by atoms with Crippen molar-refractivity contribution in [2.75, 3.05) is 0 Å². The number of nitrogens with zero attached hydrogens (tertiary/aromatic N) is 5. The molecule has 0 aliphatic carbocycles. The van der Waals surface area contributed by atoms with Crippen LogP contribution < -0.4 is 0 Å². The second-order valence-corrected chi connectivity index (χ2v) is 6.29. The lowest BCUT2D eigenvalue weighted by molar-refractivity contribution is 1.20. The van der Waals surface area contributed by atoms with Gasteiger partial charge in [-0.3, -0.25) is 4.99 Å². The summed E-state index contributed by atoms with van der Waals surface area (Å²) in [6.45, 7) is 5.78. The molecule has 0 radical (unpaired) electrons. The molecule has 5 heteroatoms. The smallest absolute Gasteiger partial charge is 0.198 e. The van der Waals surface area contributed by atoms with Gasteiger partial charge in [-0.25, -0.2) is 19.9 Å². The summed E-state index contributed by atoms with van der Waals surface area (Å²) in [7, 11) is 0. The number of allylic oxidation sites excluding steroid dienone is 1. The number of benzene rings is 3. The molecule has 5 nitrogen and oxygen atoms in total. The van der Waals surface area contributed by atoms with E-state index in [2.05, 4.69) is 45.9 Å². The molecule has 0 atom stereocenters. The SMILES string of the molecule is C=Nc1c(/C=C\C)c2nc3nccnc3nc2c2cc3ccccc3cc12. The minimum Gasteiger partial charge on any atom is -0.263 e. The van der Waals surface area contributed by atoms with Gasteiger partial charge in [-0.1, -0.05) is 36.4 Å². The van der Waals surface area contributed by atoms with Crippen LogP contribution in [0.15, 0.2) is 59.9 Å². The minimum absolute atomic E-state index is 0.519. The summed E-state index contributed by atoms with van der Waals surface area (Å²) in [4.78, 5) is 22.5. The van der Waals surface area contributed by atoms with Gasteiger partial charge < -0.3 is 0 Å². The van der Waals surface area contributed by atoms with E-state index in [1.807, 2.05) is 31.2 Å². The Morgan fingerprint density at radius 3 is 2.15 bits per heavy atom. The van der Waals surface area contributed by atoms with Crippen molar-refractivity contribution in [3.05, 3.63) is 60.4 Å². The molecule has 2 aromatic heterocycles. The highest BCUT2D eigenvalue weighted by molar-refractivity contribution is 6.18. The van der Waals surface area contributed by atoms with Crippen molar-refractivity contribution >= 4 is 62.4 Å². The highest BCUT2D eigenvalue weighted by Crippen LogP contribution is 2.39. The molecule has 2 heterocycles. The second kappa shape index (κ2) is 5.92. The van der Waals surface area contributed by atoms with Crippen molar-refractivity contribution in [1.82, 2.24) is 19.9 Å². The topological polar surface area (TPSA) is 63.9 Å². The zero-order valence-electron chi connectivity index (χ0n) is 14.7. The van der Waals surface area contributed by atoms with Gasteiger partial charge in [0.1, 0.15) is 11.0 Å². The minimum atomic E-state index is 0.519. The van der Waals surface area contributed by atoms with Crippen LogP contribution in [0.2, 0.25) is 0 Å². The van der Waals surface area contributed by atoms with Gasteiger partial charge in [0.2, 0.25) is 0 Å². The molecule has 0 N–H and O–H groups in total. The van der Waals surface area contributed by atoms with Crippen LogP contribution in [-0.4, -0.2) is 26.7 Å². The highest BCUT2D eigenvalue weighted by atomic mass is 15.0. The van der Waals surface area contributed by atoms with Crippen molar-refractivity contribution in [2.45, 2.75) is 6.92 Å². The molecule has 27 heavy (non-hydrogen) atoms. The quantitative estimate of drug-likeness (QED) is 0.248. The Morgan fingerprint density at radius 1 is 0.889 bits per heavy atom. The number of hydrogen-bond donors (Lipinski definition) is 0. The Kier molecular flexibility index (Phi) is 3.40. The van der Waals surface area contributed by atoms with E-state index in [-0.39, 0.29) is 0 Å². The predicted molar refractivity (Wildman–Crippen MR) is 112 cm³/mol. The van der Waals surface area contributed by atoms with E-state index < -0.39 is 0 Å². The van der Waals surface area contributed by atoms with Gasteiger partial charge in [0, 0.05) is 28.7 Å². The highest BCUT2D eigenvalue weighted by Gasteiger charge is 2.16. The normalized spacial score (nSPS) is 11.9. The molecule has 0 saturated carbocycles. The Labute approximate surface area is 155 Å². The van der Waals surface area contributed by atoms with E-state index in [0.29, 0.717) is 11.3 Å². The molecule has 0 spiro atoms. The first-order valence-electron chi connectivity index (χ1n) is 8.66. The van der Waals surface area contributed by atoms with Crippen molar-refractivity contribution in [3.63, 3.8) is 0 Å². The average Bonchev–Trinajstić information content (AvgIpc) is 2.72. The van der Waals surface area contributed by atoms with Gasteiger partial charge in [0.15, 0.2) is 11.3 Å². The molecule has 0 fully saturated rings. The molecular formula is C22H15N5. The standard InChI is InChI=1S/C22H15N5/c1-3-6-15-18(23-2)16-11-13-7-4-5-8-14(13)12-17(16)20-19(15)26-21-22(27-20)25-10-9-24-21/h3-12H,2H2,1H3/b6-3-. The van der Waals surface area contributed by atoms with E-state index in [4.69, 9.17) is 9.97 Å². The summed E-state index contributed by atoms with van der Waals surface area (Å²) < 4.78 is 0. The largest absolute Gasteiger partial charge is 0.263 e. The third-order valence-corrected chi connectivity index (χ3v) is 4.72. The van der Waals surface area contributed by atoms with Crippen LogP contribution in [0.5, 0.6) is 0 Å². The Bertz CT molecular complexity index is 1400. The fourth-order valence-electron chi connectivity index (χ4n) is 3.56. The Balaban J connectivity index is 2.10. The third kappa shape index (κ3) is 2.29. The van der Waals surface area contributed by atoms with Crippen molar-refractivity contribution in [3.8, 4) is 0 Å². The summed E-state index contributed by atoms with van der Waals surface area (Å²) in [6, 6.07) is 12.5. The lowest BCUT2D eigenvalue weighted by atomic mass is 9.97. The summed E-state index contributed by atoms with van der Waals surface area (Å²) in [5.74, 6) is 0. The van der Waals surface area contributed by atoms with Crippen LogP contribution in [0.25, 0.3) is 49.9 Å². The monoisotopic (exact) mass is 349 g/mol. The van der Waals surface area contributed by atoms with Crippen LogP contribution >= 0.6 is 0 Å². The van der Waals surface area contributed by atoms with Crippen LogP contribution in [0, 0.1) is 0 Å². The molecule has 0 aliphatic heterocycles. The first-order valence-corrected chi connectivity index (χ1v) is 8.66. The summed E-state index contributed by atoms with van der Waals surface area (Å²) in [6.07, 6.45) is 7.23. The first kappa shape index (κ1) is 15.5. The van der Waals surface area contributed by atoms with E-state index in [1.165, 1.54) is 0 Å². The molecule has 0 aliphatic rings. The molecule has 0 saturated heterocycles. The summed E-state index contributed by atoms with van der Waals surface area (Å²) in [5, 5.41) is 4.27. The van der Waals surface area contributed by atoms with E-state index in [0.717, 1.165) is 43.8 Å². The molecule has 5 rings (SSSR count). The molecule has 128 valence electrons. The molecule has 0 unspecified atom stereocenters. The van der Waals surface area contributed by atoms with Gasteiger partial charge >= 0.3 is 0 Å². The first-order chi connectivity index (χ1) is 13.3. The third-order valence-electron chi connectivity index (χ3n) is 4.72. The van der Waals surface area contributed by atoms with Gasteiger partial charge in [0.05, 0.1) is 5.69 Å². The molecule has 5 aromatic rings. The zero-order chi connectivity index (χ0) is 18.4. The van der Waals surface area contributed by atoms with Crippen molar-refractivity contribution in [2.24, 2.45) is 4.99 Å². The number of hydrogen-bond acceptors (Lipinski definition) is 5. The maximum absolute atomic E-state index is 4.80. The summed E-state index contributed by atoms with van der Waals surface area (Å²) >= 11 is 0. The Morgan fingerprint density at radius 2 is 1.52 bits per heavy atom. The maximum atomic E-state index is 4.80. The Hall–Kier alpha value is -3.73. The van der Waals surface area contributed by atoms with Crippen LogP contribution in [0.1, 0.15) is 12.5 Å². The number of fused-ring (bicyclic) bond motifs is 5. The fourth-order valence-corrected chi connectivity index (χ4v) is 3.56. The van der Waals surface area contributed by atoms with E-state index in [9.17, 15) is 0 Å². The number of aromatic nitrogens is 4. The molecule has 0 bridgehead atoms. The lowest BCUT2D eigenvalue weighted by Gasteiger charge is -2.12. The summed E-state index contributed by atoms with van der Waals surface area (Å²) in [5.41, 5.74) is 4.30. The van der Waals surface area contributed by atoms with Gasteiger partial charge in [-0.15, -0.1) is 0 Å². The zero-order valence-corrected chi connectivity index (χ0v) is 14.7. The van der Waals surface area contributed by atoms with Crippen LogP contribution in [0.3, 0.4) is 0 Å². The molecular weight excluding hydrogens is 334 g/mol. The predicted octanol–water partition coefficient (Wildman–Crippen LogP) is 5.24. The van der Waals surface area contributed by atoms with Gasteiger partial charge in [-0.2, -0.15) is 0 Å². The van der Waals surface area contributed by atoms with Gasteiger partial charge in [0.25, 0.3) is 0 Å². The van der Waals surface area contributed by atoms with Crippen LogP contribution in [-0.2, 0) is 0 Å². The fraction of sp³-hybridized carbons (Fsp3) is 0.0455. The van der Waals surface area contributed by atoms with Crippen molar-refractivity contribution < 1.29 is 0 Å². The lowest BCUT2D eigenvalue weighted by Crippen LogP contribution is -1.96. The molecule has 3 aromatic carbocycles. The van der Waals surface area contributed by atoms with Crippen molar-refractivity contribution in [1.29, 1.82) is 0 Å². The molecule has 0 amide bonds. The van der Waals surface area contributed by atoms with Crippen LogP contribution in [0.4, 0.5) is 5.69 Å². The average molecular weight is 349 g/mol. The number of aliphatic imine (C=N–C) groups is 1. The maximum Gasteiger partial charge on any atom is 0.198 e. The van der Waals surface area contributed by atoms with E-state index in [1.54, 1.807) is 12.4 Å². The number of rotatable bonds is 2. The second-order valence-electron chi connectivity index (χ2n) is 6.29.